The van der Waals surface area contributed by atoms with Gasteiger partial charge in [-0.05, 0) is 12.1 Å². The van der Waals surface area contributed by atoms with Crippen LogP contribution in [0.25, 0.3) is 11.0 Å². The van der Waals surface area contributed by atoms with E-state index in [0.717, 1.165) is 0 Å². The normalized spacial score (nSPS) is 10.3. The number of hydrogen-bond donors (Lipinski definition) is 1. The molecule has 0 amide bonds. The molecule has 2 aromatic rings. The predicted molar refractivity (Wildman–Crippen MR) is 50.6 cm³/mol. The molecule has 2 aromatic heterocycles. The molecule has 6 heteroatoms. The third-order valence-electron chi connectivity index (χ3n) is 1.79. The molecule has 2 rings (SSSR count). The van der Waals surface area contributed by atoms with Crippen molar-refractivity contribution in [2.45, 2.75) is 0 Å². The monoisotopic (exact) mass is 190 g/mol. The van der Waals surface area contributed by atoms with Gasteiger partial charge in [-0.2, -0.15) is 0 Å². The summed E-state index contributed by atoms with van der Waals surface area (Å²) in [5.74, 6) is -0.110. The maximum atomic E-state index is 10.5. The lowest BCUT2D eigenvalue weighted by atomic mass is 10.2. The van der Waals surface area contributed by atoms with Crippen molar-refractivity contribution >= 4 is 22.5 Å². The van der Waals surface area contributed by atoms with E-state index in [1.165, 1.54) is 6.07 Å². The summed E-state index contributed by atoms with van der Waals surface area (Å²) in [4.78, 5) is 17.7. The second-order valence-corrected chi connectivity index (χ2v) is 2.70. The minimum Gasteiger partial charge on any atom is -0.378 e. The van der Waals surface area contributed by atoms with Gasteiger partial charge in [0, 0.05) is 17.6 Å². The molecule has 0 aliphatic heterocycles. The van der Waals surface area contributed by atoms with E-state index in [0.29, 0.717) is 11.0 Å². The summed E-state index contributed by atoms with van der Waals surface area (Å²) >= 11 is 0. The Morgan fingerprint density at radius 1 is 1.50 bits per heavy atom. The molecule has 0 saturated carbocycles. The zero-order valence-corrected chi connectivity index (χ0v) is 7.04. The Labute approximate surface area is 78.5 Å². The van der Waals surface area contributed by atoms with Crippen LogP contribution < -0.4 is 5.73 Å². The highest BCUT2D eigenvalue weighted by molar-refractivity contribution is 5.80. The zero-order chi connectivity index (χ0) is 10.1. The van der Waals surface area contributed by atoms with Crippen molar-refractivity contribution in [3.8, 4) is 0 Å². The topological polar surface area (TPSA) is 94.9 Å². The molecule has 0 spiro atoms. The molecule has 2 heterocycles. The summed E-state index contributed by atoms with van der Waals surface area (Å²) in [6.45, 7) is 0. The van der Waals surface area contributed by atoms with Gasteiger partial charge in [-0.25, -0.2) is 9.97 Å². The van der Waals surface area contributed by atoms with E-state index in [9.17, 15) is 10.1 Å². The van der Waals surface area contributed by atoms with Crippen molar-refractivity contribution in [2.24, 2.45) is 0 Å². The van der Waals surface area contributed by atoms with E-state index in [4.69, 9.17) is 5.73 Å². The van der Waals surface area contributed by atoms with E-state index in [-0.39, 0.29) is 11.5 Å². The molecule has 0 radical (unpaired) electrons. The summed E-state index contributed by atoms with van der Waals surface area (Å²) < 4.78 is 0. The Balaban J connectivity index is 2.77. The van der Waals surface area contributed by atoms with Crippen LogP contribution in [0.3, 0.4) is 0 Å². The number of fused-ring (bicyclic) bond motifs is 1. The fraction of sp³-hybridized carbons (Fsp3) is 0. The van der Waals surface area contributed by atoms with Crippen molar-refractivity contribution in [1.29, 1.82) is 0 Å². The Kier molecular flexibility index (Phi) is 1.74. The van der Waals surface area contributed by atoms with Crippen molar-refractivity contribution in [3.05, 3.63) is 34.5 Å². The molecule has 0 bridgehead atoms. The highest BCUT2D eigenvalue weighted by Gasteiger charge is 2.13. The van der Waals surface area contributed by atoms with Gasteiger partial charge in [-0.15, -0.1) is 0 Å². The first-order valence-electron chi connectivity index (χ1n) is 3.84. The lowest BCUT2D eigenvalue weighted by Gasteiger charge is -1.98. The van der Waals surface area contributed by atoms with Crippen LogP contribution in [0.4, 0.5) is 11.5 Å². The van der Waals surface area contributed by atoms with Crippen LogP contribution in [0.5, 0.6) is 0 Å². The van der Waals surface area contributed by atoms with E-state index in [1.54, 1.807) is 18.3 Å². The molecule has 0 atom stereocenters. The van der Waals surface area contributed by atoms with Gasteiger partial charge in [0.05, 0.1) is 4.92 Å². The highest BCUT2D eigenvalue weighted by atomic mass is 16.6. The summed E-state index contributed by atoms with van der Waals surface area (Å²) in [6.07, 6.45) is 1.56. The van der Waals surface area contributed by atoms with Crippen LogP contribution in [0, 0.1) is 10.1 Å². The third-order valence-corrected chi connectivity index (χ3v) is 1.79. The first-order chi connectivity index (χ1) is 6.68. The molecule has 14 heavy (non-hydrogen) atoms. The van der Waals surface area contributed by atoms with Gasteiger partial charge in [0.1, 0.15) is 0 Å². The van der Waals surface area contributed by atoms with Gasteiger partial charge >= 0.3 is 5.69 Å². The fourth-order valence-electron chi connectivity index (χ4n) is 1.15. The number of nitrogens with zero attached hydrogens (tertiary/aromatic N) is 3. The second kappa shape index (κ2) is 2.91. The van der Waals surface area contributed by atoms with Crippen LogP contribution in [-0.4, -0.2) is 14.9 Å². The first kappa shape index (κ1) is 8.36. The number of aromatic nitrogens is 2. The van der Waals surface area contributed by atoms with Gasteiger partial charge in [0.2, 0.25) is 5.82 Å². The first-order valence-corrected chi connectivity index (χ1v) is 3.84. The smallest absolute Gasteiger partial charge is 0.311 e. The van der Waals surface area contributed by atoms with E-state index >= 15 is 0 Å². The van der Waals surface area contributed by atoms with Crippen LogP contribution in [0.1, 0.15) is 0 Å². The SMILES string of the molecule is Nc1nc2ncccc2cc1[N+](=O)[O-]. The molecule has 0 aliphatic rings. The summed E-state index contributed by atoms with van der Waals surface area (Å²) in [6, 6.07) is 4.75. The Hall–Kier alpha value is -2.24. The highest BCUT2D eigenvalue weighted by Crippen LogP contribution is 2.22. The van der Waals surface area contributed by atoms with Gasteiger partial charge < -0.3 is 5.73 Å². The number of rotatable bonds is 1. The van der Waals surface area contributed by atoms with Crippen molar-refractivity contribution in [2.75, 3.05) is 5.73 Å². The summed E-state index contributed by atoms with van der Waals surface area (Å²) in [5.41, 5.74) is 5.62. The Morgan fingerprint density at radius 3 is 3.00 bits per heavy atom. The van der Waals surface area contributed by atoms with Crippen LogP contribution in [0.15, 0.2) is 24.4 Å². The van der Waals surface area contributed by atoms with Crippen LogP contribution in [-0.2, 0) is 0 Å². The number of pyridine rings is 2. The zero-order valence-electron chi connectivity index (χ0n) is 7.04. The molecule has 0 aliphatic carbocycles. The number of nitro groups is 1. The quantitative estimate of drug-likeness (QED) is 0.537. The molecule has 2 N–H and O–H groups in total. The van der Waals surface area contributed by atoms with Gasteiger partial charge in [-0.3, -0.25) is 10.1 Å². The third kappa shape index (κ3) is 1.22. The molecule has 0 aromatic carbocycles. The van der Waals surface area contributed by atoms with Gasteiger partial charge in [-0.1, -0.05) is 0 Å². The van der Waals surface area contributed by atoms with Gasteiger partial charge in [0.15, 0.2) is 5.65 Å². The number of nitrogens with two attached hydrogens (primary N) is 1. The molecular formula is C8H6N4O2. The average Bonchev–Trinajstić information content (AvgIpc) is 2.16. The number of hydrogen-bond acceptors (Lipinski definition) is 5. The van der Waals surface area contributed by atoms with Crippen molar-refractivity contribution < 1.29 is 4.92 Å². The molecule has 0 unspecified atom stereocenters. The average molecular weight is 190 g/mol. The van der Waals surface area contributed by atoms with E-state index in [1.807, 2.05) is 0 Å². The van der Waals surface area contributed by atoms with Crippen molar-refractivity contribution in [1.82, 2.24) is 9.97 Å². The van der Waals surface area contributed by atoms with Crippen LogP contribution >= 0.6 is 0 Å². The second-order valence-electron chi connectivity index (χ2n) is 2.70. The Morgan fingerprint density at radius 2 is 2.29 bits per heavy atom. The molecule has 6 nitrogen and oxygen atoms in total. The van der Waals surface area contributed by atoms with Crippen LogP contribution in [0.2, 0.25) is 0 Å². The lowest BCUT2D eigenvalue weighted by molar-refractivity contribution is -0.384. The maximum absolute atomic E-state index is 10.5. The molecule has 70 valence electrons. The van der Waals surface area contributed by atoms with E-state index < -0.39 is 4.92 Å². The largest absolute Gasteiger partial charge is 0.378 e. The molecule has 0 saturated heterocycles. The standard InChI is InChI=1S/C8H6N4O2/c9-7-6(12(13)14)4-5-2-1-3-10-8(5)11-7/h1-4H,(H2,9,10,11). The maximum Gasteiger partial charge on any atom is 0.311 e. The van der Waals surface area contributed by atoms with E-state index in [2.05, 4.69) is 9.97 Å². The number of anilines is 1. The fourth-order valence-corrected chi connectivity index (χ4v) is 1.15. The Bertz CT molecular complexity index is 512. The molecular weight excluding hydrogens is 184 g/mol. The minimum absolute atomic E-state index is 0.110. The van der Waals surface area contributed by atoms with Crippen molar-refractivity contribution in [3.63, 3.8) is 0 Å². The minimum atomic E-state index is -0.561. The van der Waals surface area contributed by atoms with Gasteiger partial charge in [0.25, 0.3) is 0 Å². The molecule has 0 fully saturated rings. The lowest BCUT2D eigenvalue weighted by Crippen LogP contribution is -1.99. The number of nitrogen functional groups attached to an aromatic ring is 1. The summed E-state index contributed by atoms with van der Waals surface area (Å²) in [7, 11) is 0. The predicted octanol–water partition coefficient (Wildman–Crippen LogP) is 1.12. The summed E-state index contributed by atoms with van der Waals surface area (Å²) in [5, 5.41) is 11.1.